The maximum absolute atomic E-state index is 11.1. The SMILES string of the molecule is COCCN1/C(=C/C=C/C=C/C2=[N+](CCCCCC(=O)O)c3ccc4ccccc4c3C2(C)C)C(C)(C)c2c1ccc1ccccc21. The third kappa shape index (κ3) is 6.05. The predicted octanol–water partition coefficient (Wildman–Crippen LogP) is 9.45. The van der Waals surface area contributed by atoms with E-state index in [0.29, 0.717) is 13.0 Å². The molecule has 4 aromatic rings. The number of benzene rings is 4. The molecule has 0 spiro atoms. The quantitative estimate of drug-likeness (QED) is 0.0966. The third-order valence-corrected chi connectivity index (χ3v) is 10.0. The Bertz CT molecular complexity index is 1940. The summed E-state index contributed by atoms with van der Waals surface area (Å²) in [6.45, 7) is 11.6. The van der Waals surface area contributed by atoms with Crippen molar-refractivity contribution < 1.29 is 19.2 Å². The minimum Gasteiger partial charge on any atom is -0.481 e. The van der Waals surface area contributed by atoms with Gasteiger partial charge in [-0.15, -0.1) is 0 Å². The van der Waals surface area contributed by atoms with Crippen molar-refractivity contribution in [2.75, 3.05) is 31.7 Å². The zero-order valence-corrected chi connectivity index (χ0v) is 28.4. The van der Waals surface area contributed by atoms with Crippen LogP contribution in [0.15, 0.2) is 109 Å². The second-order valence-corrected chi connectivity index (χ2v) is 13.8. The first-order chi connectivity index (χ1) is 22.7. The van der Waals surface area contributed by atoms with Gasteiger partial charge in [0.25, 0.3) is 0 Å². The summed E-state index contributed by atoms with van der Waals surface area (Å²) < 4.78 is 7.98. The lowest BCUT2D eigenvalue weighted by atomic mass is 9.79. The molecule has 0 amide bonds. The van der Waals surface area contributed by atoms with Crippen LogP contribution in [0.2, 0.25) is 0 Å². The zero-order valence-electron chi connectivity index (χ0n) is 28.4. The largest absolute Gasteiger partial charge is 0.481 e. The number of ether oxygens (including phenoxy) is 1. The van der Waals surface area contributed by atoms with E-state index in [1.54, 1.807) is 7.11 Å². The molecule has 242 valence electrons. The number of methoxy groups -OCH3 is 1. The number of aliphatic carboxylic acids is 1. The van der Waals surface area contributed by atoms with Gasteiger partial charge in [-0.05, 0) is 72.0 Å². The van der Waals surface area contributed by atoms with Crippen LogP contribution in [-0.2, 0) is 20.4 Å². The zero-order chi connectivity index (χ0) is 33.2. The van der Waals surface area contributed by atoms with Crippen molar-refractivity contribution in [2.45, 2.75) is 64.2 Å². The molecule has 0 saturated carbocycles. The standard InChI is InChI=1S/C42H46N2O3/c1-41(2)36(43(27-15-7-10-22-38(45)46)34-25-23-30-16-11-13-18-32(30)39(34)41)20-8-6-9-21-37-42(3,4)40-33-19-14-12-17-31(33)24-26-35(40)44(37)28-29-47-5/h6,8-9,11-14,16-21,23-26H,7,10,15,22,27-29H2,1-5H3/p+1. The van der Waals surface area contributed by atoms with Crippen LogP contribution in [0, 0.1) is 0 Å². The average molecular weight is 628 g/mol. The van der Waals surface area contributed by atoms with Crippen LogP contribution in [0.4, 0.5) is 11.4 Å². The van der Waals surface area contributed by atoms with Crippen LogP contribution in [0.3, 0.4) is 0 Å². The van der Waals surface area contributed by atoms with Crippen LogP contribution in [0.1, 0.15) is 64.5 Å². The highest BCUT2D eigenvalue weighted by atomic mass is 16.5. The smallest absolute Gasteiger partial charge is 0.303 e. The number of unbranched alkanes of at least 4 members (excludes halogenated alkanes) is 2. The summed E-state index contributed by atoms with van der Waals surface area (Å²) in [7, 11) is 1.76. The number of anilines is 1. The summed E-state index contributed by atoms with van der Waals surface area (Å²) >= 11 is 0. The van der Waals surface area contributed by atoms with Crippen LogP contribution in [0.25, 0.3) is 21.5 Å². The highest BCUT2D eigenvalue weighted by Gasteiger charge is 2.45. The Morgan fingerprint density at radius 1 is 0.809 bits per heavy atom. The molecule has 5 heteroatoms. The molecule has 2 aliphatic heterocycles. The molecule has 0 aromatic heterocycles. The van der Waals surface area contributed by atoms with E-state index in [1.165, 1.54) is 55.5 Å². The van der Waals surface area contributed by atoms with Crippen LogP contribution in [0.5, 0.6) is 0 Å². The summed E-state index contributed by atoms with van der Waals surface area (Å²) in [6.07, 6.45) is 13.8. The van der Waals surface area contributed by atoms with Crippen molar-refractivity contribution in [3.8, 4) is 0 Å². The first kappa shape index (κ1) is 32.5. The lowest BCUT2D eigenvalue weighted by Gasteiger charge is -2.26. The lowest BCUT2D eigenvalue weighted by molar-refractivity contribution is -0.438. The molecule has 0 atom stereocenters. The Morgan fingerprint density at radius 2 is 1.49 bits per heavy atom. The van der Waals surface area contributed by atoms with Crippen molar-refractivity contribution >= 4 is 44.6 Å². The summed E-state index contributed by atoms with van der Waals surface area (Å²) in [4.78, 5) is 13.5. The highest BCUT2D eigenvalue weighted by Crippen LogP contribution is 2.50. The fraction of sp³-hybridized carbons (Fsp3) is 0.333. The van der Waals surface area contributed by atoms with E-state index in [4.69, 9.17) is 9.84 Å². The molecule has 0 saturated heterocycles. The molecular weight excluding hydrogens is 580 g/mol. The van der Waals surface area contributed by atoms with Gasteiger partial charge in [-0.2, -0.15) is 4.58 Å². The molecule has 5 nitrogen and oxygen atoms in total. The Hall–Kier alpha value is -4.48. The number of rotatable bonds is 12. The lowest BCUT2D eigenvalue weighted by Crippen LogP contribution is -2.28. The van der Waals surface area contributed by atoms with Crippen molar-refractivity contribution in [1.29, 1.82) is 0 Å². The molecule has 0 unspecified atom stereocenters. The maximum Gasteiger partial charge on any atom is 0.303 e. The first-order valence-electron chi connectivity index (χ1n) is 16.9. The fourth-order valence-corrected chi connectivity index (χ4v) is 7.82. The third-order valence-electron chi connectivity index (χ3n) is 10.0. The molecule has 2 aliphatic rings. The van der Waals surface area contributed by atoms with Gasteiger partial charge in [0.15, 0.2) is 5.71 Å². The van der Waals surface area contributed by atoms with Crippen molar-refractivity contribution in [3.05, 3.63) is 120 Å². The molecule has 0 fully saturated rings. The molecular formula is C42H47N2O3+. The minimum absolute atomic E-state index is 0.166. The first-order valence-corrected chi connectivity index (χ1v) is 16.9. The van der Waals surface area contributed by atoms with E-state index in [0.717, 1.165) is 25.9 Å². The second-order valence-electron chi connectivity index (χ2n) is 13.8. The summed E-state index contributed by atoms with van der Waals surface area (Å²) in [5, 5.41) is 14.2. The van der Waals surface area contributed by atoms with Gasteiger partial charge in [0.1, 0.15) is 6.54 Å². The number of hydrogen-bond donors (Lipinski definition) is 1. The Kier molecular flexibility index (Phi) is 9.20. The normalized spacial score (nSPS) is 17.6. The summed E-state index contributed by atoms with van der Waals surface area (Å²) in [5.41, 5.74) is 7.42. The van der Waals surface area contributed by atoms with Crippen LogP contribution < -0.4 is 4.90 Å². The Labute approximate surface area is 279 Å². The van der Waals surface area contributed by atoms with Crippen molar-refractivity contribution in [2.24, 2.45) is 0 Å². The van der Waals surface area contributed by atoms with Gasteiger partial charge in [0, 0.05) is 61.0 Å². The number of nitrogens with zero attached hydrogens (tertiary/aromatic N) is 2. The van der Waals surface area contributed by atoms with E-state index in [1.807, 2.05) is 0 Å². The van der Waals surface area contributed by atoms with E-state index < -0.39 is 5.97 Å². The maximum atomic E-state index is 11.1. The van der Waals surface area contributed by atoms with Gasteiger partial charge < -0.3 is 14.7 Å². The number of fused-ring (bicyclic) bond motifs is 6. The van der Waals surface area contributed by atoms with E-state index in [2.05, 4.69) is 140 Å². The summed E-state index contributed by atoms with van der Waals surface area (Å²) in [6, 6.07) is 26.3. The monoisotopic (exact) mass is 627 g/mol. The van der Waals surface area contributed by atoms with Gasteiger partial charge >= 0.3 is 5.97 Å². The number of carboxylic acids is 1. The fourth-order valence-electron chi connectivity index (χ4n) is 7.82. The molecule has 47 heavy (non-hydrogen) atoms. The Morgan fingerprint density at radius 3 is 2.19 bits per heavy atom. The van der Waals surface area contributed by atoms with Crippen molar-refractivity contribution in [3.63, 3.8) is 0 Å². The van der Waals surface area contributed by atoms with E-state index in [-0.39, 0.29) is 17.3 Å². The van der Waals surface area contributed by atoms with E-state index in [9.17, 15) is 4.79 Å². The van der Waals surface area contributed by atoms with Gasteiger partial charge in [-0.25, -0.2) is 0 Å². The number of carboxylic acid groups (broad SMARTS) is 1. The van der Waals surface area contributed by atoms with Gasteiger partial charge in [0.2, 0.25) is 5.69 Å². The number of hydrogen-bond acceptors (Lipinski definition) is 3. The number of carbonyl (C=O) groups is 1. The summed E-state index contributed by atoms with van der Waals surface area (Å²) in [5.74, 6) is -0.721. The molecule has 0 aliphatic carbocycles. The average Bonchev–Trinajstić information content (AvgIpc) is 3.41. The van der Waals surface area contributed by atoms with Crippen LogP contribution in [-0.4, -0.2) is 48.2 Å². The Balaban J connectivity index is 1.32. The van der Waals surface area contributed by atoms with Gasteiger partial charge in [-0.3, -0.25) is 4.79 Å². The molecule has 0 bridgehead atoms. The highest BCUT2D eigenvalue weighted by molar-refractivity contribution is 6.07. The molecule has 4 aromatic carbocycles. The topological polar surface area (TPSA) is 52.8 Å². The molecule has 1 N–H and O–H groups in total. The van der Waals surface area contributed by atoms with Gasteiger partial charge in [-0.1, -0.05) is 86.7 Å². The molecule has 0 radical (unpaired) electrons. The van der Waals surface area contributed by atoms with Gasteiger partial charge in [0.05, 0.1) is 12.0 Å². The minimum atomic E-state index is -0.721. The molecule has 2 heterocycles. The van der Waals surface area contributed by atoms with Crippen molar-refractivity contribution in [1.82, 2.24) is 0 Å². The predicted molar refractivity (Wildman–Crippen MR) is 195 cm³/mol. The van der Waals surface area contributed by atoms with E-state index >= 15 is 0 Å². The molecule has 6 rings (SSSR count). The second kappa shape index (κ2) is 13.3. The number of allylic oxidation sites excluding steroid dienone is 6. The van der Waals surface area contributed by atoms with Crippen LogP contribution >= 0.6 is 0 Å².